The molecule has 0 aliphatic rings. The second-order valence-electron chi connectivity index (χ2n) is 8.02. The van der Waals surface area contributed by atoms with Gasteiger partial charge in [-0.3, -0.25) is 14.5 Å². The molecule has 3 aromatic carbocycles. The van der Waals surface area contributed by atoms with E-state index < -0.39 is 0 Å². The van der Waals surface area contributed by atoms with E-state index in [0.29, 0.717) is 36.9 Å². The molecule has 0 heterocycles. The van der Waals surface area contributed by atoms with Crippen molar-refractivity contribution in [3.63, 3.8) is 0 Å². The number of ether oxygens (including phenoxy) is 2. The molecule has 7 nitrogen and oxygen atoms in total. The molecule has 7 heteroatoms. The summed E-state index contributed by atoms with van der Waals surface area (Å²) >= 11 is 0. The van der Waals surface area contributed by atoms with Gasteiger partial charge in [-0.05, 0) is 44.7 Å². The largest absolute Gasteiger partial charge is 0.490 e. The predicted octanol–water partition coefficient (Wildman–Crippen LogP) is 5.05. The number of hydrogen-bond donors (Lipinski definition) is 2. The summed E-state index contributed by atoms with van der Waals surface area (Å²) in [7, 11) is 1.81. The van der Waals surface area contributed by atoms with E-state index in [-0.39, 0.29) is 24.8 Å². The number of rotatable bonds is 12. The molecule has 0 atom stereocenters. The van der Waals surface area contributed by atoms with Gasteiger partial charge in [0.15, 0.2) is 11.5 Å². The van der Waals surface area contributed by atoms with Crippen LogP contribution in [0.2, 0.25) is 0 Å². The smallest absolute Gasteiger partial charge is 0.238 e. The molecular formula is C28H33N3O4. The summed E-state index contributed by atoms with van der Waals surface area (Å²) < 4.78 is 11.2. The van der Waals surface area contributed by atoms with Crippen molar-refractivity contribution in [3.05, 3.63) is 72.8 Å². The van der Waals surface area contributed by atoms with Crippen LogP contribution in [0.15, 0.2) is 72.8 Å². The molecule has 0 bridgehead atoms. The number of amides is 2. The predicted molar refractivity (Wildman–Crippen MR) is 140 cm³/mol. The Morgan fingerprint density at radius 2 is 1.49 bits per heavy atom. The third kappa shape index (κ3) is 7.86. The van der Waals surface area contributed by atoms with Crippen LogP contribution in [-0.2, 0) is 9.59 Å². The van der Waals surface area contributed by atoms with E-state index in [1.165, 1.54) is 0 Å². The number of anilines is 2. The fourth-order valence-corrected chi connectivity index (χ4v) is 3.62. The lowest BCUT2D eigenvalue weighted by Gasteiger charge is -2.17. The Balaban J connectivity index is 1.50. The van der Waals surface area contributed by atoms with Crippen molar-refractivity contribution in [2.75, 3.05) is 44.0 Å². The highest BCUT2D eigenvalue weighted by molar-refractivity contribution is 5.96. The second kappa shape index (κ2) is 13.2. The summed E-state index contributed by atoms with van der Waals surface area (Å²) in [6, 6.07) is 23.0. The molecule has 2 N–H and O–H groups in total. The minimum Gasteiger partial charge on any atom is -0.490 e. The van der Waals surface area contributed by atoms with E-state index >= 15 is 0 Å². The zero-order chi connectivity index (χ0) is 25.0. The summed E-state index contributed by atoms with van der Waals surface area (Å²) in [4.78, 5) is 26.9. The molecule has 3 aromatic rings. The highest BCUT2D eigenvalue weighted by atomic mass is 16.5. The lowest BCUT2D eigenvalue weighted by atomic mass is 10.0. The van der Waals surface area contributed by atoms with E-state index in [0.717, 1.165) is 16.8 Å². The van der Waals surface area contributed by atoms with Gasteiger partial charge in [0.05, 0.1) is 19.8 Å². The molecule has 0 aromatic heterocycles. The Bertz CT molecular complexity index is 1120. The Kier molecular flexibility index (Phi) is 9.69. The van der Waals surface area contributed by atoms with Crippen molar-refractivity contribution < 1.29 is 19.1 Å². The minimum atomic E-state index is -0.172. The van der Waals surface area contributed by atoms with Crippen LogP contribution in [0.3, 0.4) is 0 Å². The standard InChI is InChI=1S/C28H33N3O4/c1-4-34-25-16-15-22(19-26(25)35-5-2)29-28(33)20-31(3)18-17-27(32)30-24-14-10-9-13-23(24)21-11-7-6-8-12-21/h6-16,19H,4-5,17-18,20H2,1-3H3,(H,29,33)(H,30,32). The first kappa shape index (κ1) is 25.8. The highest BCUT2D eigenvalue weighted by Gasteiger charge is 2.13. The Morgan fingerprint density at radius 1 is 0.800 bits per heavy atom. The van der Waals surface area contributed by atoms with Crippen LogP contribution in [0.5, 0.6) is 11.5 Å². The van der Waals surface area contributed by atoms with Crippen LogP contribution >= 0.6 is 0 Å². The number of benzene rings is 3. The molecule has 0 saturated heterocycles. The SMILES string of the molecule is CCOc1ccc(NC(=O)CN(C)CCC(=O)Nc2ccccc2-c2ccccc2)cc1OCC. The van der Waals surface area contributed by atoms with Gasteiger partial charge < -0.3 is 20.1 Å². The van der Waals surface area contributed by atoms with E-state index in [2.05, 4.69) is 10.6 Å². The zero-order valence-electron chi connectivity index (χ0n) is 20.5. The van der Waals surface area contributed by atoms with Crippen LogP contribution in [-0.4, -0.2) is 50.1 Å². The minimum absolute atomic E-state index is 0.103. The maximum Gasteiger partial charge on any atom is 0.238 e. The van der Waals surface area contributed by atoms with Crippen LogP contribution in [0.25, 0.3) is 11.1 Å². The monoisotopic (exact) mass is 475 g/mol. The molecule has 35 heavy (non-hydrogen) atoms. The molecule has 0 aliphatic heterocycles. The van der Waals surface area contributed by atoms with Gasteiger partial charge in [-0.1, -0.05) is 48.5 Å². The van der Waals surface area contributed by atoms with Gasteiger partial charge in [-0.15, -0.1) is 0 Å². The van der Waals surface area contributed by atoms with Crippen LogP contribution in [0.1, 0.15) is 20.3 Å². The molecule has 0 fully saturated rings. The van der Waals surface area contributed by atoms with E-state index in [9.17, 15) is 9.59 Å². The number of carbonyl (C=O) groups excluding carboxylic acids is 2. The second-order valence-corrected chi connectivity index (χ2v) is 8.02. The Morgan fingerprint density at radius 3 is 2.23 bits per heavy atom. The van der Waals surface area contributed by atoms with Gasteiger partial charge in [-0.25, -0.2) is 0 Å². The quantitative estimate of drug-likeness (QED) is 0.383. The van der Waals surface area contributed by atoms with Gasteiger partial charge >= 0.3 is 0 Å². The molecule has 3 rings (SSSR count). The molecule has 0 saturated carbocycles. The van der Waals surface area contributed by atoms with Crippen LogP contribution in [0.4, 0.5) is 11.4 Å². The number of carbonyl (C=O) groups is 2. The molecule has 2 amide bonds. The number of hydrogen-bond acceptors (Lipinski definition) is 5. The maximum absolute atomic E-state index is 12.6. The van der Waals surface area contributed by atoms with Crippen LogP contribution < -0.4 is 20.1 Å². The molecule has 0 unspecified atom stereocenters. The van der Waals surface area contributed by atoms with Crippen molar-refractivity contribution in [2.24, 2.45) is 0 Å². The van der Waals surface area contributed by atoms with Gasteiger partial charge in [0.1, 0.15) is 0 Å². The molecule has 0 spiro atoms. The summed E-state index contributed by atoms with van der Waals surface area (Å²) in [6.07, 6.45) is 0.268. The number of para-hydroxylation sites is 1. The Hall–Kier alpha value is -3.84. The van der Waals surface area contributed by atoms with Gasteiger partial charge in [0, 0.05) is 36.0 Å². The number of nitrogens with zero attached hydrogens (tertiary/aromatic N) is 1. The van der Waals surface area contributed by atoms with Crippen molar-refractivity contribution in [1.29, 1.82) is 0 Å². The highest BCUT2D eigenvalue weighted by Crippen LogP contribution is 2.31. The number of nitrogens with one attached hydrogen (secondary N) is 2. The van der Waals surface area contributed by atoms with Crippen molar-refractivity contribution in [3.8, 4) is 22.6 Å². The van der Waals surface area contributed by atoms with E-state index in [1.807, 2.05) is 80.4 Å². The van der Waals surface area contributed by atoms with E-state index in [1.54, 1.807) is 18.2 Å². The average molecular weight is 476 g/mol. The van der Waals surface area contributed by atoms with Crippen molar-refractivity contribution in [1.82, 2.24) is 4.90 Å². The lowest BCUT2D eigenvalue weighted by Crippen LogP contribution is -2.32. The average Bonchev–Trinajstić information content (AvgIpc) is 2.85. The summed E-state index contributed by atoms with van der Waals surface area (Å²) in [6.45, 7) is 5.43. The first-order chi connectivity index (χ1) is 17.0. The fraction of sp³-hybridized carbons (Fsp3) is 0.286. The van der Waals surface area contributed by atoms with Gasteiger partial charge in [-0.2, -0.15) is 0 Å². The third-order valence-electron chi connectivity index (χ3n) is 5.25. The summed E-state index contributed by atoms with van der Waals surface area (Å²) in [5.41, 5.74) is 3.41. The lowest BCUT2D eigenvalue weighted by molar-refractivity contribution is -0.119. The zero-order valence-corrected chi connectivity index (χ0v) is 20.5. The molecule has 184 valence electrons. The topological polar surface area (TPSA) is 79.9 Å². The van der Waals surface area contributed by atoms with Crippen molar-refractivity contribution in [2.45, 2.75) is 20.3 Å². The molecule has 0 aliphatic carbocycles. The third-order valence-corrected chi connectivity index (χ3v) is 5.25. The van der Waals surface area contributed by atoms with Crippen LogP contribution in [0, 0.1) is 0 Å². The summed E-state index contributed by atoms with van der Waals surface area (Å²) in [5.74, 6) is 0.958. The number of likely N-dealkylation sites (N-methyl/N-ethyl adjacent to an activating group) is 1. The first-order valence-electron chi connectivity index (χ1n) is 11.8. The van der Waals surface area contributed by atoms with Gasteiger partial charge in [0.25, 0.3) is 0 Å². The molecule has 0 radical (unpaired) electrons. The maximum atomic E-state index is 12.6. The fourth-order valence-electron chi connectivity index (χ4n) is 3.62. The summed E-state index contributed by atoms with van der Waals surface area (Å²) in [5, 5.41) is 5.88. The normalized spacial score (nSPS) is 10.6. The molecular weight excluding hydrogens is 442 g/mol. The van der Waals surface area contributed by atoms with Crippen molar-refractivity contribution >= 4 is 23.2 Å². The van der Waals surface area contributed by atoms with Gasteiger partial charge in [0.2, 0.25) is 11.8 Å². The first-order valence-corrected chi connectivity index (χ1v) is 11.8. The van der Waals surface area contributed by atoms with E-state index in [4.69, 9.17) is 9.47 Å². The Labute approximate surface area is 207 Å².